The normalized spacial score (nSPS) is 19.5. The van der Waals surface area contributed by atoms with Crippen molar-refractivity contribution in [2.45, 2.75) is 109 Å². The number of piperazine rings is 1. The van der Waals surface area contributed by atoms with Gasteiger partial charge in [0.25, 0.3) is 5.91 Å². The summed E-state index contributed by atoms with van der Waals surface area (Å²) in [7, 11) is 0. The van der Waals surface area contributed by atoms with Crippen LogP contribution in [0.15, 0.2) is 67.1 Å². The molecule has 3 N–H and O–H groups in total. The molecule has 3 heterocycles. The highest BCUT2D eigenvalue weighted by Gasteiger charge is 2.43. The Bertz CT molecular complexity index is 2120. The van der Waals surface area contributed by atoms with Crippen LogP contribution in [-0.4, -0.2) is 98.0 Å². The van der Waals surface area contributed by atoms with Crippen LogP contribution in [0, 0.1) is 17.3 Å². The molecule has 3 aliphatic rings. The maximum Gasteiger partial charge on any atom is 0.272 e. The van der Waals surface area contributed by atoms with Gasteiger partial charge < -0.3 is 20.9 Å². The second-order valence-corrected chi connectivity index (χ2v) is 19.1. The van der Waals surface area contributed by atoms with Crippen molar-refractivity contribution in [3.05, 3.63) is 88.4 Å². The Kier molecular flexibility index (Phi) is 13.9. The van der Waals surface area contributed by atoms with Gasteiger partial charge in [0.05, 0.1) is 22.5 Å². The van der Waals surface area contributed by atoms with Gasteiger partial charge in [-0.25, -0.2) is 9.97 Å². The van der Waals surface area contributed by atoms with E-state index in [1.165, 1.54) is 29.9 Å². The molecule has 4 amide bonds. The Morgan fingerprint density at radius 2 is 1.63 bits per heavy atom. The van der Waals surface area contributed by atoms with Gasteiger partial charge in [-0.15, -0.1) is 11.3 Å². The summed E-state index contributed by atoms with van der Waals surface area (Å²) in [6.45, 7) is 6.82. The first-order chi connectivity index (χ1) is 28.8. The van der Waals surface area contributed by atoms with E-state index in [-0.39, 0.29) is 35.8 Å². The summed E-state index contributed by atoms with van der Waals surface area (Å²) in [5.74, 6) is -1.61. The fourth-order valence-corrected chi connectivity index (χ4v) is 9.62. The predicted molar refractivity (Wildman–Crippen MR) is 231 cm³/mol. The number of thiazole rings is 1. The van der Waals surface area contributed by atoms with E-state index in [4.69, 9.17) is 11.6 Å². The second kappa shape index (κ2) is 19.3. The average Bonchev–Trinajstić information content (AvgIpc) is 3.68. The SMILES string of the molecule is CC(C)(C)[C@H](NC(=O)[C@@H](NC(=O)c1cnccn1)C1CCCCC1)C(=O)N1CCN(Cc2ccc(Cl)cc2)[C@@H](C(=O)NC(CC2CCC2)C(=O)c2nc3ccccc3s2)C1. The molecule has 2 aliphatic carbocycles. The zero-order chi connectivity index (χ0) is 42.4. The van der Waals surface area contributed by atoms with Crippen LogP contribution in [0.2, 0.25) is 5.02 Å². The highest BCUT2D eigenvalue weighted by Crippen LogP contribution is 2.33. The zero-order valence-corrected chi connectivity index (χ0v) is 36.1. The molecule has 4 atom stereocenters. The molecule has 318 valence electrons. The molecule has 7 rings (SSSR count). The minimum absolute atomic E-state index is 0.0433. The number of aromatic nitrogens is 3. The van der Waals surface area contributed by atoms with E-state index >= 15 is 0 Å². The van der Waals surface area contributed by atoms with Gasteiger partial charge in [-0.2, -0.15) is 0 Å². The van der Waals surface area contributed by atoms with E-state index in [2.05, 4.69) is 30.9 Å². The molecule has 4 aromatic rings. The van der Waals surface area contributed by atoms with Crippen molar-refractivity contribution in [1.29, 1.82) is 0 Å². The molecule has 1 aliphatic heterocycles. The summed E-state index contributed by atoms with van der Waals surface area (Å²) in [5.41, 5.74) is 1.07. The fourth-order valence-electron chi connectivity index (χ4n) is 8.53. The summed E-state index contributed by atoms with van der Waals surface area (Å²) in [6.07, 6.45) is 12.3. The summed E-state index contributed by atoms with van der Waals surface area (Å²) in [5, 5.41) is 10.1. The lowest BCUT2D eigenvalue weighted by Gasteiger charge is -2.44. The number of Topliss-reactive ketones (excluding diaryl/α,β-unsaturated/α-hetero) is 1. The standard InChI is InChI=1S/C45H55ClN8O5S/c1-45(2,3)39(52-42(58)37(30-12-5-4-6-13-30)51-40(56)34-25-47-20-21-48-34)44(59)54-23-22-53(26-29-16-18-31(46)19-17-29)35(27-54)41(57)49-33(24-28-10-9-11-28)38(55)43-50-32-14-7-8-15-36(32)60-43/h7-8,14-21,25,28,30,33,35,37,39H,4-6,9-13,22-24,26-27H2,1-3H3,(H,49,57)(H,51,56)(H,52,58)/t33?,35-,37+,39-/m1/s1. The molecule has 13 nitrogen and oxygen atoms in total. The molecule has 2 aromatic heterocycles. The van der Waals surface area contributed by atoms with E-state index < -0.39 is 41.4 Å². The molecular weight excluding hydrogens is 800 g/mol. The van der Waals surface area contributed by atoms with Crippen molar-refractivity contribution in [3.63, 3.8) is 0 Å². The first kappa shape index (κ1) is 43.3. The van der Waals surface area contributed by atoms with E-state index in [0.717, 1.165) is 67.1 Å². The van der Waals surface area contributed by atoms with Gasteiger partial charge in [0.1, 0.15) is 23.8 Å². The number of hydrogen-bond acceptors (Lipinski definition) is 10. The highest BCUT2D eigenvalue weighted by atomic mass is 35.5. The number of amides is 4. The summed E-state index contributed by atoms with van der Waals surface area (Å²) < 4.78 is 0.906. The number of ketones is 1. The summed E-state index contributed by atoms with van der Waals surface area (Å²) in [4.78, 5) is 87.7. The quantitative estimate of drug-likeness (QED) is 0.125. The smallest absolute Gasteiger partial charge is 0.272 e. The van der Waals surface area contributed by atoms with Crippen LogP contribution in [0.4, 0.5) is 0 Å². The van der Waals surface area contributed by atoms with Gasteiger partial charge in [0.15, 0.2) is 5.01 Å². The maximum absolute atomic E-state index is 14.8. The van der Waals surface area contributed by atoms with Crippen LogP contribution in [0.25, 0.3) is 10.2 Å². The molecule has 60 heavy (non-hydrogen) atoms. The van der Waals surface area contributed by atoms with Crippen LogP contribution in [-0.2, 0) is 20.9 Å². The molecule has 0 radical (unpaired) electrons. The minimum atomic E-state index is -0.969. The fraction of sp³-hybridized carbons (Fsp3) is 0.511. The van der Waals surface area contributed by atoms with Crippen molar-refractivity contribution in [3.8, 4) is 0 Å². The van der Waals surface area contributed by atoms with Gasteiger partial charge in [-0.05, 0) is 66.3 Å². The number of fused-ring (bicyclic) bond motifs is 1. The van der Waals surface area contributed by atoms with Crippen molar-refractivity contribution in [2.75, 3.05) is 19.6 Å². The first-order valence-electron chi connectivity index (χ1n) is 21.2. The van der Waals surface area contributed by atoms with Gasteiger partial charge in [0.2, 0.25) is 23.5 Å². The van der Waals surface area contributed by atoms with Gasteiger partial charge in [-0.3, -0.25) is 33.9 Å². The van der Waals surface area contributed by atoms with E-state index in [0.29, 0.717) is 42.0 Å². The molecular formula is C45H55ClN8O5S. The highest BCUT2D eigenvalue weighted by molar-refractivity contribution is 7.20. The largest absolute Gasteiger partial charge is 0.344 e. The number of rotatable bonds is 14. The van der Waals surface area contributed by atoms with E-state index in [1.807, 2.05) is 74.2 Å². The molecule has 0 spiro atoms. The topological polar surface area (TPSA) is 167 Å². The summed E-state index contributed by atoms with van der Waals surface area (Å²) in [6, 6.07) is 11.6. The Hall–Kier alpha value is -4.79. The van der Waals surface area contributed by atoms with Crippen LogP contribution >= 0.6 is 22.9 Å². The van der Waals surface area contributed by atoms with Crippen LogP contribution in [0.1, 0.15) is 104 Å². The average molecular weight is 856 g/mol. The van der Waals surface area contributed by atoms with Crippen LogP contribution in [0.5, 0.6) is 0 Å². The van der Waals surface area contributed by atoms with Crippen LogP contribution < -0.4 is 16.0 Å². The number of carbonyl (C=O) groups is 5. The van der Waals surface area contributed by atoms with Crippen LogP contribution in [0.3, 0.4) is 0 Å². The number of halogens is 1. The van der Waals surface area contributed by atoms with Crippen molar-refractivity contribution >= 4 is 62.6 Å². The Labute approximate surface area is 360 Å². The molecule has 1 saturated heterocycles. The third kappa shape index (κ3) is 10.6. The molecule has 3 fully saturated rings. The number of hydrogen-bond donors (Lipinski definition) is 3. The maximum atomic E-state index is 14.8. The number of nitrogens with one attached hydrogen (secondary N) is 3. The van der Waals surface area contributed by atoms with E-state index in [1.54, 1.807) is 4.90 Å². The Balaban J connectivity index is 1.12. The van der Waals surface area contributed by atoms with Gasteiger partial charge in [-0.1, -0.05) is 95.2 Å². The molecule has 15 heteroatoms. The number of para-hydroxylation sites is 1. The van der Waals surface area contributed by atoms with E-state index in [9.17, 15) is 24.0 Å². The number of carbonyl (C=O) groups excluding carboxylic acids is 5. The number of nitrogens with zero attached hydrogens (tertiary/aromatic N) is 5. The monoisotopic (exact) mass is 854 g/mol. The third-order valence-corrected chi connectivity index (χ3v) is 13.5. The van der Waals surface area contributed by atoms with Gasteiger partial charge in [0, 0.05) is 43.6 Å². The first-order valence-corrected chi connectivity index (χ1v) is 22.4. The lowest BCUT2D eigenvalue weighted by molar-refractivity contribution is -0.145. The van der Waals surface area contributed by atoms with Crippen molar-refractivity contribution < 1.29 is 24.0 Å². The molecule has 1 unspecified atom stereocenters. The molecule has 2 saturated carbocycles. The lowest BCUT2D eigenvalue weighted by atomic mass is 9.80. The minimum Gasteiger partial charge on any atom is -0.344 e. The third-order valence-electron chi connectivity index (χ3n) is 12.2. The molecule has 2 aromatic carbocycles. The number of benzene rings is 2. The van der Waals surface area contributed by atoms with Gasteiger partial charge >= 0.3 is 0 Å². The summed E-state index contributed by atoms with van der Waals surface area (Å²) >= 11 is 7.54. The Morgan fingerprint density at radius 3 is 2.30 bits per heavy atom. The van der Waals surface area contributed by atoms with Crippen molar-refractivity contribution in [2.24, 2.45) is 17.3 Å². The molecule has 0 bridgehead atoms. The second-order valence-electron chi connectivity index (χ2n) is 17.6. The lowest BCUT2D eigenvalue weighted by Crippen LogP contribution is -2.65. The zero-order valence-electron chi connectivity index (χ0n) is 34.6. The predicted octanol–water partition coefficient (Wildman–Crippen LogP) is 6.22. The van der Waals surface area contributed by atoms with Crippen molar-refractivity contribution in [1.82, 2.24) is 40.7 Å². The Morgan fingerprint density at radius 1 is 0.883 bits per heavy atom.